The molecule has 0 radical (unpaired) electrons. The van der Waals surface area contributed by atoms with Crippen LogP contribution in [-0.2, 0) is 11.3 Å². The monoisotopic (exact) mass is 492 g/mol. The lowest BCUT2D eigenvalue weighted by Crippen LogP contribution is -2.52. The van der Waals surface area contributed by atoms with Crippen molar-refractivity contribution in [3.63, 3.8) is 0 Å². The number of carbonyl (C=O) groups is 1. The highest BCUT2D eigenvalue weighted by molar-refractivity contribution is 14.0. The van der Waals surface area contributed by atoms with Crippen LogP contribution < -0.4 is 5.32 Å². The van der Waals surface area contributed by atoms with E-state index in [4.69, 9.17) is 4.52 Å². The molecule has 0 bridgehead atoms. The number of aromatic nitrogens is 1. The Bertz CT molecular complexity index is 596. The van der Waals surface area contributed by atoms with Crippen LogP contribution in [0.25, 0.3) is 0 Å². The lowest BCUT2D eigenvalue weighted by molar-refractivity contribution is -0.127. The van der Waals surface area contributed by atoms with Crippen LogP contribution in [-0.4, -0.2) is 85.1 Å². The van der Waals surface area contributed by atoms with Crippen molar-refractivity contribution in [3.8, 4) is 0 Å². The molecule has 0 atom stereocenters. The molecule has 27 heavy (non-hydrogen) atoms. The van der Waals surface area contributed by atoms with Crippen molar-refractivity contribution < 1.29 is 9.32 Å². The molecule has 1 aromatic rings. The average molecular weight is 492 g/mol. The Morgan fingerprint density at radius 3 is 2.59 bits per heavy atom. The number of hydrogen-bond donors (Lipinski definition) is 1. The number of likely N-dealkylation sites (N-methyl/N-ethyl adjacent to an activating group) is 1. The lowest BCUT2D eigenvalue weighted by Gasteiger charge is -2.36. The number of rotatable bonds is 7. The molecule has 9 heteroatoms. The van der Waals surface area contributed by atoms with E-state index < -0.39 is 0 Å². The van der Waals surface area contributed by atoms with E-state index in [9.17, 15) is 4.79 Å². The molecule has 1 saturated heterocycles. The number of halogens is 1. The average Bonchev–Trinajstić information content (AvgIpc) is 3.03. The Kier molecular flexibility index (Phi) is 10.7. The minimum Gasteiger partial charge on any atom is -0.361 e. The van der Waals surface area contributed by atoms with Gasteiger partial charge in [-0.15, -0.1) is 24.0 Å². The van der Waals surface area contributed by atoms with E-state index in [2.05, 4.69) is 32.2 Å². The van der Waals surface area contributed by atoms with Crippen LogP contribution in [0.3, 0.4) is 0 Å². The van der Waals surface area contributed by atoms with Crippen molar-refractivity contribution in [1.82, 2.24) is 25.2 Å². The third-order valence-electron chi connectivity index (χ3n) is 4.41. The standard InChI is InChI=1S/C18H32N6O2.HI/c1-5-6-7-19-18(20-13-17(25)22(3)4)24-10-8-23(9-11-24)14-16-12-15(2)26-21-16;/h12H,5-11,13-14H2,1-4H3,(H,19,20);1H. The summed E-state index contributed by atoms with van der Waals surface area (Å²) in [4.78, 5) is 22.6. The van der Waals surface area contributed by atoms with Crippen molar-refractivity contribution >= 4 is 35.8 Å². The van der Waals surface area contributed by atoms with E-state index in [0.29, 0.717) is 0 Å². The summed E-state index contributed by atoms with van der Waals surface area (Å²) in [6.45, 7) is 9.57. The second-order valence-electron chi connectivity index (χ2n) is 6.90. The van der Waals surface area contributed by atoms with E-state index in [-0.39, 0.29) is 36.4 Å². The first kappa shape index (κ1) is 23.7. The van der Waals surface area contributed by atoms with Crippen LogP contribution >= 0.6 is 24.0 Å². The van der Waals surface area contributed by atoms with Crippen molar-refractivity contribution in [3.05, 3.63) is 17.5 Å². The summed E-state index contributed by atoms with van der Waals surface area (Å²) in [5.74, 6) is 1.70. The molecule has 2 rings (SSSR count). The molecule has 1 fully saturated rings. The molecular weight excluding hydrogens is 459 g/mol. The zero-order chi connectivity index (χ0) is 18.9. The summed E-state index contributed by atoms with van der Waals surface area (Å²) < 4.78 is 5.14. The van der Waals surface area contributed by atoms with E-state index in [1.54, 1.807) is 19.0 Å². The number of aryl methyl sites for hydroxylation is 1. The van der Waals surface area contributed by atoms with Crippen molar-refractivity contribution in [2.75, 3.05) is 53.4 Å². The van der Waals surface area contributed by atoms with E-state index in [1.165, 1.54) is 0 Å². The molecule has 1 aliphatic rings. The summed E-state index contributed by atoms with van der Waals surface area (Å²) in [5, 5.41) is 7.48. The van der Waals surface area contributed by atoms with Crippen LogP contribution in [0.15, 0.2) is 15.6 Å². The maximum absolute atomic E-state index is 11.9. The Labute approximate surface area is 179 Å². The predicted octanol–water partition coefficient (Wildman–Crippen LogP) is 1.55. The van der Waals surface area contributed by atoms with Crippen LogP contribution in [0.1, 0.15) is 31.2 Å². The van der Waals surface area contributed by atoms with Crippen LogP contribution in [0.4, 0.5) is 0 Å². The van der Waals surface area contributed by atoms with Gasteiger partial charge in [0.25, 0.3) is 0 Å². The summed E-state index contributed by atoms with van der Waals surface area (Å²) in [5.41, 5.74) is 0.975. The molecule has 154 valence electrons. The topological polar surface area (TPSA) is 77.2 Å². The molecule has 0 saturated carbocycles. The maximum atomic E-state index is 11.9. The minimum atomic E-state index is 0. The smallest absolute Gasteiger partial charge is 0.243 e. The molecule has 0 unspecified atom stereocenters. The number of nitrogens with one attached hydrogen (secondary N) is 1. The first-order valence-electron chi connectivity index (χ1n) is 9.37. The highest BCUT2D eigenvalue weighted by Crippen LogP contribution is 2.09. The van der Waals surface area contributed by atoms with E-state index in [1.807, 2.05) is 13.0 Å². The molecule has 1 aromatic heterocycles. The number of carbonyl (C=O) groups excluding carboxylic acids is 1. The van der Waals surface area contributed by atoms with Crippen molar-refractivity contribution in [1.29, 1.82) is 0 Å². The number of hydrogen-bond acceptors (Lipinski definition) is 5. The number of piperazine rings is 1. The van der Waals surface area contributed by atoms with Gasteiger partial charge in [0.2, 0.25) is 5.91 Å². The van der Waals surface area contributed by atoms with Gasteiger partial charge in [0.15, 0.2) is 5.96 Å². The van der Waals surface area contributed by atoms with Gasteiger partial charge < -0.3 is 19.6 Å². The molecule has 0 aromatic carbocycles. The van der Waals surface area contributed by atoms with Gasteiger partial charge in [0.05, 0.1) is 5.69 Å². The Morgan fingerprint density at radius 1 is 1.33 bits per heavy atom. The number of nitrogens with zero attached hydrogens (tertiary/aromatic N) is 5. The number of unbranched alkanes of at least 4 members (excludes halogenated alkanes) is 1. The van der Waals surface area contributed by atoms with Crippen LogP contribution in [0, 0.1) is 6.92 Å². The zero-order valence-corrected chi connectivity index (χ0v) is 19.2. The fraction of sp³-hybridized carbons (Fsp3) is 0.722. The third kappa shape index (κ3) is 8.04. The SMILES string of the molecule is CCCCNC(=NCC(=O)N(C)C)N1CCN(Cc2cc(C)on2)CC1.I. The first-order chi connectivity index (χ1) is 12.5. The second kappa shape index (κ2) is 12.2. The van der Waals surface area contributed by atoms with E-state index in [0.717, 1.165) is 69.5 Å². The fourth-order valence-corrected chi connectivity index (χ4v) is 2.77. The van der Waals surface area contributed by atoms with Gasteiger partial charge in [-0.25, -0.2) is 4.99 Å². The molecule has 0 aliphatic carbocycles. The maximum Gasteiger partial charge on any atom is 0.243 e. The summed E-state index contributed by atoms with van der Waals surface area (Å²) >= 11 is 0. The Balaban J connectivity index is 0.00000364. The van der Waals surface area contributed by atoms with Crippen molar-refractivity contribution in [2.45, 2.75) is 33.2 Å². The largest absolute Gasteiger partial charge is 0.361 e. The van der Waals surface area contributed by atoms with Crippen LogP contribution in [0.2, 0.25) is 0 Å². The van der Waals surface area contributed by atoms with Gasteiger partial charge in [-0.05, 0) is 13.3 Å². The molecule has 1 N–H and O–H groups in total. The quantitative estimate of drug-likeness (QED) is 0.270. The van der Waals surface area contributed by atoms with Gasteiger partial charge in [-0.2, -0.15) is 0 Å². The molecular formula is C18H33IN6O2. The molecule has 1 aliphatic heterocycles. The second-order valence-corrected chi connectivity index (χ2v) is 6.90. The summed E-state index contributed by atoms with van der Waals surface area (Å²) in [6, 6.07) is 1.98. The molecule has 0 spiro atoms. The zero-order valence-electron chi connectivity index (χ0n) is 16.9. The lowest BCUT2D eigenvalue weighted by atomic mass is 10.3. The van der Waals surface area contributed by atoms with Gasteiger partial charge >= 0.3 is 0 Å². The third-order valence-corrected chi connectivity index (χ3v) is 4.41. The Morgan fingerprint density at radius 2 is 2.04 bits per heavy atom. The summed E-state index contributed by atoms with van der Waals surface area (Å²) in [6.07, 6.45) is 2.22. The summed E-state index contributed by atoms with van der Waals surface area (Å²) in [7, 11) is 3.51. The Hall–Kier alpha value is -1.36. The highest BCUT2D eigenvalue weighted by atomic mass is 127. The first-order valence-corrected chi connectivity index (χ1v) is 9.37. The number of guanidine groups is 1. The molecule has 8 nitrogen and oxygen atoms in total. The predicted molar refractivity (Wildman–Crippen MR) is 117 cm³/mol. The highest BCUT2D eigenvalue weighted by Gasteiger charge is 2.21. The van der Waals surface area contributed by atoms with Crippen LogP contribution in [0.5, 0.6) is 0 Å². The number of aliphatic imine (C=N–C) groups is 1. The van der Waals surface area contributed by atoms with Gasteiger partial charge in [-0.3, -0.25) is 9.69 Å². The van der Waals surface area contributed by atoms with Gasteiger partial charge in [0, 0.05) is 59.4 Å². The fourth-order valence-electron chi connectivity index (χ4n) is 2.77. The van der Waals surface area contributed by atoms with E-state index >= 15 is 0 Å². The van der Waals surface area contributed by atoms with Gasteiger partial charge in [0.1, 0.15) is 12.3 Å². The normalized spacial score (nSPS) is 15.4. The minimum absolute atomic E-state index is 0. The number of amides is 1. The molecule has 1 amide bonds. The molecule has 2 heterocycles. The van der Waals surface area contributed by atoms with Crippen molar-refractivity contribution in [2.24, 2.45) is 4.99 Å². The van der Waals surface area contributed by atoms with Gasteiger partial charge in [-0.1, -0.05) is 18.5 Å².